The minimum atomic E-state index is -1.70. The smallest absolute Gasteiger partial charge is 0.255 e. The molecule has 0 atom stereocenters. The quantitative estimate of drug-likeness (QED) is 0.676. The molecule has 6 heteroatoms. The third-order valence-corrected chi connectivity index (χ3v) is 3.27. The summed E-state index contributed by atoms with van der Waals surface area (Å²) in [6.07, 6.45) is 0. The summed E-state index contributed by atoms with van der Waals surface area (Å²) < 4.78 is 52.6. The standard InChI is InChI=1S/C16H13F4NO/c1-16(2,9-3-5-10(17)6-4-9)21-15(22)11-7-8-12(18)14(20)13(11)19/h3-8H,1-2H3,(H,21,22). The van der Waals surface area contributed by atoms with Crippen LogP contribution in [0.5, 0.6) is 0 Å². The Morgan fingerprint density at radius 3 is 2.09 bits per heavy atom. The van der Waals surface area contributed by atoms with E-state index in [-0.39, 0.29) is 0 Å². The van der Waals surface area contributed by atoms with Crippen LogP contribution in [-0.4, -0.2) is 5.91 Å². The van der Waals surface area contributed by atoms with E-state index in [9.17, 15) is 22.4 Å². The van der Waals surface area contributed by atoms with Crippen LogP contribution in [0.1, 0.15) is 29.8 Å². The Kier molecular flexibility index (Phi) is 4.21. The topological polar surface area (TPSA) is 29.1 Å². The van der Waals surface area contributed by atoms with Crippen molar-refractivity contribution in [3.8, 4) is 0 Å². The fourth-order valence-electron chi connectivity index (χ4n) is 1.99. The number of amides is 1. The molecular formula is C16H13F4NO. The van der Waals surface area contributed by atoms with Gasteiger partial charge in [0.2, 0.25) is 0 Å². The summed E-state index contributed by atoms with van der Waals surface area (Å²) in [6.45, 7) is 3.24. The normalized spacial score (nSPS) is 11.4. The second-order valence-corrected chi connectivity index (χ2v) is 5.31. The van der Waals surface area contributed by atoms with Gasteiger partial charge in [-0.3, -0.25) is 4.79 Å². The first-order valence-electron chi connectivity index (χ1n) is 6.44. The van der Waals surface area contributed by atoms with Gasteiger partial charge in [-0.15, -0.1) is 0 Å². The second-order valence-electron chi connectivity index (χ2n) is 5.31. The lowest BCUT2D eigenvalue weighted by Crippen LogP contribution is -2.41. The number of carbonyl (C=O) groups is 1. The van der Waals surface area contributed by atoms with E-state index in [2.05, 4.69) is 5.32 Å². The van der Waals surface area contributed by atoms with Crippen molar-refractivity contribution in [2.45, 2.75) is 19.4 Å². The van der Waals surface area contributed by atoms with Gasteiger partial charge < -0.3 is 5.32 Å². The van der Waals surface area contributed by atoms with Crippen LogP contribution in [0.25, 0.3) is 0 Å². The lowest BCUT2D eigenvalue weighted by Gasteiger charge is -2.27. The molecular weight excluding hydrogens is 298 g/mol. The fraction of sp³-hybridized carbons (Fsp3) is 0.188. The summed E-state index contributed by atoms with van der Waals surface area (Å²) in [5.74, 6) is -5.95. The molecule has 0 heterocycles. The molecule has 116 valence electrons. The third-order valence-electron chi connectivity index (χ3n) is 3.27. The number of hydrogen-bond acceptors (Lipinski definition) is 1. The summed E-state index contributed by atoms with van der Waals surface area (Å²) >= 11 is 0. The molecule has 0 aliphatic rings. The molecule has 2 nitrogen and oxygen atoms in total. The van der Waals surface area contributed by atoms with Gasteiger partial charge in [0.05, 0.1) is 11.1 Å². The van der Waals surface area contributed by atoms with Crippen LogP contribution in [0.2, 0.25) is 0 Å². The van der Waals surface area contributed by atoms with E-state index in [1.807, 2.05) is 0 Å². The lowest BCUT2D eigenvalue weighted by atomic mass is 9.93. The van der Waals surface area contributed by atoms with Gasteiger partial charge in [0.15, 0.2) is 17.5 Å². The maximum Gasteiger partial charge on any atom is 0.255 e. The molecule has 0 fully saturated rings. The van der Waals surface area contributed by atoms with Crippen LogP contribution in [0.4, 0.5) is 17.6 Å². The van der Waals surface area contributed by atoms with Crippen LogP contribution in [0, 0.1) is 23.3 Å². The number of rotatable bonds is 3. The zero-order valence-corrected chi connectivity index (χ0v) is 11.9. The highest BCUT2D eigenvalue weighted by Gasteiger charge is 2.26. The molecule has 0 spiro atoms. The summed E-state index contributed by atoms with van der Waals surface area (Å²) in [7, 11) is 0. The molecule has 0 saturated carbocycles. The molecule has 0 unspecified atom stereocenters. The van der Waals surface area contributed by atoms with Gasteiger partial charge in [-0.05, 0) is 43.7 Å². The van der Waals surface area contributed by atoms with Crippen molar-refractivity contribution >= 4 is 5.91 Å². The van der Waals surface area contributed by atoms with E-state index in [0.29, 0.717) is 11.6 Å². The van der Waals surface area contributed by atoms with E-state index in [1.54, 1.807) is 13.8 Å². The van der Waals surface area contributed by atoms with Gasteiger partial charge in [-0.1, -0.05) is 12.1 Å². The average molecular weight is 311 g/mol. The summed E-state index contributed by atoms with van der Waals surface area (Å²) in [6, 6.07) is 6.93. The highest BCUT2D eigenvalue weighted by atomic mass is 19.2. The molecule has 1 amide bonds. The first-order chi connectivity index (χ1) is 10.2. The van der Waals surface area contributed by atoms with Gasteiger partial charge in [0, 0.05) is 0 Å². The first-order valence-corrected chi connectivity index (χ1v) is 6.44. The Bertz CT molecular complexity index is 711. The van der Waals surface area contributed by atoms with Crippen molar-refractivity contribution in [3.05, 3.63) is 70.8 Å². The molecule has 22 heavy (non-hydrogen) atoms. The second kappa shape index (κ2) is 5.79. The zero-order chi connectivity index (χ0) is 16.5. The molecule has 0 aliphatic heterocycles. The molecule has 2 aromatic carbocycles. The molecule has 0 aromatic heterocycles. The predicted molar refractivity (Wildman–Crippen MR) is 73.2 cm³/mol. The molecule has 2 rings (SSSR count). The third kappa shape index (κ3) is 3.10. The summed E-state index contributed by atoms with van der Waals surface area (Å²) in [5.41, 5.74) is -0.985. The van der Waals surface area contributed by atoms with E-state index >= 15 is 0 Å². The molecule has 0 radical (unpaired) electrons. The van der Waals surface area contributed by atoms with Gasteiger partial charge in [-0.2, -0.15) is 0 Å². The van der Waals surface area contributed by atoms with Crippen molar-refractivity contribution in [2.24, 2.45) is 0 Å². The number of hydrogen-bond donors (Lipinski definition) is 1. The number of carbonyl (C=O) groups excluding carboxylic acids is 1. The van der Waals surface area contributed by atoms with Crippen molar-refractivity contribution in [2.75, 3.05) is 0 Å². The molecule has 2 aromatic rings. The maximum atomic E-state index is 13.6. The molecule has 0 aliphatic carbocycles. The zero-order valence-electron chi connectivity index (χ0n) is 11.9. The Hall–Kier alpha value is -2.37. The van der Waals surface area contributed by atoms with Crippen LogP contribution < -0.4 is 5.32 Å². The average Bonchev–Trinajstić information content (AvgIpc) is 2.44. The Morgan fingerprint density at radius 1 is 0.909 bits per heavy atom. The van der Waals surface area contributed by atoms with Crippen molar-refractivity contribution in [1.82, 2.24) is 5.32 Å². The minimum Gasteiger partial charge on any atom is -0.343 e. The van der Waals surface area contributed by atoms with Crippen LogP contribution in [-0.2, 0) is 5.54 Å². The van der Waals surface area contributed by atoms with E-state index < -0.39 is 40.3 Å². The number of benzene rings is 2. The number of nitrogens with one attached hydrogen (secondary N) is 1. The first kappa shape index (κ1) is 16.0. The van der Waals surface area contributed by atoms with E-state index in [4.69, 9.17) is 0 Å². The Balaban J connectivity index is 2.28. The number of halogens is 4. The van der Waals surface area contributed by atoms with Crippen LogP contribution in [0.15, 0.2) is 36.4 Å². The van der Waals surface area contributed by atoms with Crippen molar-refractivity contribution in [3.63, 3.8) is 0 Å². The highest BCUT2D eigenvalue weighted by Crippen LogP contribution is 2.22. The summed E-state index contributed by atoms with van der Waals surface area (Å²) in [4.78, 5) is 12.1. The van der Waals surface area contributed by atoms with Gasteiger partial charge in [0.25, 0.3) is 5.91 Å². The summed E-state index contributed by atoms with van der Waals surface area (Å²) in [5, 5.41) is 2.51. The maximum absolute atomic E-state index is 13.6. The fourth-order valence-corrected chi connectivity index (χ4v) is 1.99. The van der Waals surface area contributed by atoms with E-state index in [0.717, 1.165) is 6.07 Å². The predicted octanol–water partition coefficient (Wildman–Crippen LogP) is 3.91. The minimum absolute atomic E-state index is 0.433. The van der Waals surface area contributed by atoms with E-state index in [1.165, 1.54) is 24.3 Å². The monoisotopic (exact) mass is 311 g/mol. The van der Waals surface area contributed by atoms with Gasteiger partial charge in [-0.25, -0.2) is 17.6 Å². The highest BCUT2D eigenvalue weighted by molar-refractivity contribution is 5.95. The van der Waals surface area contributed by atoms with Gasteiger partial charge in [0.1, 0.15) is 5.82 Å². The van der Waals surface area contributed by atoms with Crippen LogP contribution >= 0.6 is 0 Å². The largest absolute Gasteiger partial charge is 0.343 e. The molecule has 0 bridgehead atoms. The Labute approximate surface area is 124 Å². The molecule has 0 saturated heterocycles. The van der Waals surface area contributed by atoms with Crippen molar-refractivity contribution < 1.29 is 22.4 Å². The van der Waals surface area contributed by atoms with Gasteiger partial charge >= 0.3 is 0 Å². The lowest BCUT2D eigenvalue weighted by molar-refractivity contribution is 0.0906. The Morgan fingerprint density at radius 2 is 1.50 bits per heavy atom. The van der Waals surface area contributed by atoms with Crippen molar-refractivity contribution in [1.29, 1.82) is 0 Å². The molecule has 1 N–H and O–H groups in total. The SMILES string of the molecule is CC(C)(NC(=O)c1ccc(F)c(F)c1F)c1ccc(F)cc1. The van der Waals surface area contributed by atoms with Crippen LogP contribution in [0.3, 0.4) is 0 Å².